The molecule has 178 valence electrons. The van der Waals surface area contributed by atoms with Crippen LogP contribution in [-0.4, -0.2) is 41.8 Å². The molecule has 34 heavy (non-hydrogen) atoms. The van der Waals surface area contributed by atoms with Gasteiger partial charge < -0.3 is 20.5 Å². The number of fused-ring (bicyclic) bond motifs is 3. The van der Waals surface area contributed by atoms with Gasteiger partial charge in [-0.2, -0.15) is 0 Å². The first-order chi connectivity index (χ1) is 16.4. The molecule has 4 atom stereocenters. The molecule has 3 N–H and O–H groups in total. The van der Waals surface area contributed by atoms with Crippen LogP contribution >= 0.6 is 0 Å². The second-order valence-corrected chi connectivity index (χ2v) is 9.01. The Morgan fingerprint density at radius 3 is 2.24 bits per heavy atom. The van der Waals surface area contributed by atoms with Crippen molar-refractivity contribution in [3.8, 4) is 11.1 Å². The van der Waals surface area contributed by atoms with Crippen molar-refractivity contribution in [2.24, 2.45) is 11.8 Å². The van der Waals surface area contributed by atoms with E-state index >= 15 is 0 Å². The number of hydrogen-bond acceptors (Lipinski definition) is 4. The molecule has 2 unspecified atom stereocenters. The lowest BCUT2D eigenvalue weighted by Gasteiger charge is -2.22. The van der Waals surface area contributed by atoms with Crippen LogP contribution in [0.5, 0.6) is 0 Å². The number of aliphatic carboxylic acids is 1. The van der Waals surface area contributed by atoms with Crippen molar-refractivity contribution >= 4 is 18.0 Å². The fourth-order valence-electron chi connectivity index (χ4n) is 4.74. The van der Waals surface area contributed by atoms with Crippen LogP contribution in [0.4, 0.5) is 4.79 Å². The average Bonchev–Trinajstić information content (AvgIpc) is 3.43. The summed E-state index contributed by atoms with van der Waals surface area (Å²) in [6, 6.07) is 15.0. The summed E-state index contributed by atoms with van der Waals surface area (Å²) in [7, 11) is 0. The Hall–Kier alpha value is -3.61. The van der Waals surface area contributed by atoms with Crippen molar-refractivity contribution in [2.45, 2.75) is 44.7 Å². The zero-order valence-electron chi connectivity index (χ0n) is 19.4. The molecule has 7 heteroatoms. The quantitative estimate of drug-likeness (QED) is 0.513. The number of nitrogens with one attached hydrogen (secondary N) is 2. The molecule has 0 aromatic heterocycles. The lowest BCUT2D eigenvalue weighted by Crippen LogP contribution is -2.47. The molecule has 0 bridgehead atoms. The maximum atomic E-state index is 12.6. The molecule has 2 aliphatic rings. The molecule has 7 nitrogen and oxygen atoms in total. The summed E-state index contributed by atoms with van der Waals surface area (Å²) in [6.07, 6.45) is 3.93. The molecule has 0 saturated heterocycles. The number of alkyl carbamates (subject to hydrolysis) is 1. The molecule has 0 saturated carbocycles. The van der Waals surface area contributed by atoms with Crippen LogP contribution in [0.15, 0.2) is 60.7 Å². The van der Waals surface area contributed by atoms with Crippen molar-refractivity contribution in [1.29, 1.82) is 0 Å². The van der Waals surface area contributed by atoms with Gasteiger partial charge in [0.05, 0.1) is 12.0 Å². The van der Waals surface area contributed by atoms with Crippen LogP contribution in [0.1, 0.15) is 43.7 Å². The third kappa shape index (κ3) is 4.83. The molecule has 0 spiro atoms. The minimum Gasteiger partial charge on any atom is -0.480 e. The fourth-order valence-corrected chi connectivity index (χ4v) is 4.74. The van der Waals surface area contributed by atoms with Crippen LogP contribution in [0, 0.1) is 11.8 Å². The second kappa shape index (κ2) is 10.1. The van der Waals surface area contributed by atoms with E-state index in [1.54, 1.807) is 19.1 Å². The van der Waals surface area contributed by atoms with E-state index < -0.39 is 24.0 Å². The van der Waals surface area contributed by atoms with Crippen LogP contribution in [0.3, 0.4) is 0 Å². The summed E-state index contributed by atoms with van der Waals surface area (Å²) in [5.74, 6) is -2.09. The van der Waals surface area contributed by atoms with E-state index in [0.29, 0.717) is 12.8 Å². The van der Waals surface area contributed by atoms with E-state index in [9.17, 15) is 19.5 Å². The standard InChI is InChI=1S/C27H30N2O5/c1-3-16(2)24(26(31)32)29-25(30)17-12-13-18(14-17)28-27(33)34-15-23-21-10-6-4-8-19(21)20-9-5-7-11-22(20)23/h4-13,16-18,23-24H,3,14-15H2,1-2H3,(H,28,33)(H,29,30)(H,31,32)/t16-,17?,18?,24-/m0/s1. The third-order valence-electron chi connectivity index (χ3n) is 6.84. The number of benzene rings is 2. The molecular formula is C27H30N2O5. The van der Waals surface area contributed by atoms with Crippen molar-refractivity contribution in [1.82, 2.24) is 10.6 Å². The van der Waals surface area contributed by atoms with Gasteiger partial charge in [-0.15, -0.1) is 0 Å². The Labute approximate surface area is 199 Å². The number of ether oxygens (including phenoxy) is 1. The first kappa shape index (κ1) is 23.5. The van der Waals surface area contributed by atoms with Crippen LogP contribution in [0.25, 0.3) is 11.1 Å². The Kier molecular flexibility index (Phi) is 7.01. The van der Waals surface area contributed by atoms with E-state index in [0.717, 1.165) is 22.3 Å². The van der Waals surface area contributed by atoms with Crippen molar-refractivity contribution in [2.75, 3.05) is 6.61 Å². The maximum absolute atomic E-state index is 12.6. The van der Waals surface area contributed by atoms with E-state index in [2.05, 4.69) is 34.9 Å². The number of carboxylic acid groups (broad SMARTS) is 1. The average molecular weight is 463 g/mol. The molecule has 0 aliphatic heterocycles. The third-order valence-corrected chi connectivity index (χ3v) is 6.84. The van der Waals surface area contributed by atoms with Gasteiger partial charge in [0.1, 0.15) is 12.6 Å². The highest BCUT2D eigenvalue weighted by atomic mass is 16.5. The summed E-state index contributed by atoms with van der Waals surface area (Å²) >= 11 is 0. The van der Waals surface area contributed by atoms with Gasteiger partial charge in [-0.3, -0.25) is 4.79 Å². The number of amides is 2. The monoisotopic (exact) mass is 462 g/mol. The number of rotatable bonds is 8. The summed E-state index contributed by atoms with van der Waals surface area (Å²) in [6.45, 7) is 3.90. The van der Waals surface area contributed by atoms with Crippen molar-refractivity contribution in [3.63, 3.8) is 0 Å². The van der Waals surface area contributed by atoms with Crippen LogP contribution < -0.4 is 10.6 Å². The molecule has 2 aromatic carbocycles. The van der Waals surface area contributed by atoms with Crippen LogP contribution in [-0.2, 0) is 14.3 Å². The SMILES string of the molecule is CC[C@H](C)[C@H](NC(=O)C1C=CC(NC(=O)OCC2c3ccccc3-c3ccccc32)C1)C(=O)O. The molecule has 0 radical (unpaired) electrons. The second-order valence-electron chi connectivity index (χ2n) is 9.01. The van der Waals surface area contributed by atoms with Gasteiger partial charge in [-0.1, -0.05) is 81.0 Å². The maximum Gasteiger partial charge on any atom is 0.407 e. The van der Waals surface area contributed by atoms with Gasteiger partial charge in [0.15, 0.2) is 0 Å². The zero-order valence-corrected chi connectivity index (χ0v) is 19.4. The normalized spacial score (nSPS) is 20.2. The summed E-state index contributed by atoms with van der Waals surface area (Å²) < 4.78 is 5.58. The molecule has 2 aliphatic carbocycles. The number of carbonyl (C=O) groups excluding carboxylic acids is 2. The minimum atomic E-state index is -1.04. The Bertz CT molecular complexity index is 1070. The lowest BCUT2D eigenvalue weighted by molar-refractivity contribution is -0.143. The minimum absolute atomic E-state index is 0.0238. The Morgan fingerprint density at radius 2 is 1.65 bits per heavy atom. The van der Waals surface area contributed by atoms with E-state index in [1.807, 2.05) is 31.2 Å². The van der Waals surface area contributed by atoms with Crippen molar-refractivity contribution < 1.29 is 24.2 Å². The first-order valence-corrected chi connectivity index (χ1v) is 11.7. The molecule has 2 amide bonds. The molecule has 0 fully saturated rings. The van der Waals surface area contributed by atoms with Crippen LogP contribution in [0.2, 0.25) is 0 Å². The summed E-state index contributed by atoms with van der Waals surface area (Å²) in [5, 5.41) is 14.8. The number of carboxylic acids is 1. The molecular weight excluding hydrogens is 432 g/mol. The van der Waals surface area contributed by atoms with Gasteiger partial charge >= 0.3 is 12.1 Å². The highest BCUT2D eigenvalue weighted by Crippen LogP contribution is 2.44. The smallest absolute Gasteiger partial charge is 0.407 e. The van der Waals surface area contributed by atoms with Gasteiger partial charge in [0.2, 0.25) is 5.91 Å². The topological polar surface area (TPSA) is 105 Å². The zero-order chi connectivity index (χ0) is 24.2. The number of hydrogen-bond donors (Lipinski definition) is 3. The number of carbonyl (C=O) groups is 3. The van der Waals surface area contributed by atoms with Gasteiger partial charge in [0, 0.05) is 5.92 Å². The molecule has 2 aromatic rings. The van der Waals surface area contributed by atoms with Gasteiger partial charge in [-0.05, 0) is 34.6 Å². The predicted molar refractivity (Wildman–Crippen MR) is 128 cm³/mol. The fraction of sp³-hybridized carbons (Fsp3) is 0.370. The molecule has 0 heterocycles. The first-order valence-electron chi connectivity index (χ1n) is 11.7. The highest BCUT2D eigenvalue weighted by Gasteiger charge is 2.32. The Morgan fingerprint density at radius 1 is 1.03 bits per heavy atom. The largest absolute Gasteiger partial charge is 0.480 e. The van der Waals surface area contributed by atoms with E-state index in [1.165, 1.54) is 0 Å². The van der Waals surface area contributed by atoms with Gasteiger partial charge in [0.25, 0.3) is 0 Å². The molecule has 4 rings (SSSR count). The predicted octanol–water partition coefficient (Wildman–Crippen LogP) is 4.09. The lowest BCUT2D eigenvalue weighted by atomic mass is 9.98. The van der Waals surface area contributed by atoms with E-state index in [-0.39, 0.29) is 30.4 Å². The summed E-state index contributed by atoms with van der Waals surface area (Å²) in [5.41, 5.74) is 4.61. The Balaban J connectivity index is 1.30. The van der Waals surface area contributed by atoms with Gasteiger partial charge in [-0.25, -0.2) is 9.59 Å². The highest BCUT2D eigenvalue weighted by molar-refractivity contribution is 5.86. The van der Waals surface area contributed by atoms with Crippen molar-refractivity contribution in [3.05, 3.63) is 71.8 Å². The summed E-state index contributed by atoms with van der Waals surface area (Å²) in [4.78, 5) is 36.6. The van der Waals surface area contributed by atoms with E-state index in [4.69, 9.17) is 4.74 Å².